The Morgan fingerprint density at radius 3 is 2.44 bits per heavy atom. The highest BCUT2D eigenvalue weighted by Gasteiger charge is 2.20. The Labute approximate surface area is 103 Å². The quantitative estimate of drug-likeness (QED) is 0.889. The molecule has 1 rings (SSSR count). The summed E-state index contributed by atoms with van der Waals surface area (Å²) in [5.41, 5.74) is 6.05. The van der Waals surface area contributed by atoms with Gasteiger partial charge < -0.3 is 5.73 Å². The minimum Gasteiger partial charge on any atom is -0.324 e. The Bertz CT molecular complexity index is 358. The Kier molecular flexibility index (Phi) is 6.15. The zero-order valence-corrected chi connectivity index (χ0v) is 10.1. The predicted molar refractivity (Wildman–Crippen MR) is 60.9 cm³/mol. The van der Waals surface area contributed by atoms with Crippen LogP contribution in [0.2, 0.25) is 5.02 Å². The second-order valence-corrected chi connectivity index (χ2v) is 3.70. The largest absolute Gasteiger partial charge is 0.324 e. The van der Waals surface area contributed by atoms with Crippen molar-refractivity contribution in [2.75, 3.05) is 0 Å². The highest BCUT2D eigenvalue weighted by atomic mass is 35.5. The molecule has 0 aliphatic heterocycles. The average Bonchev–Trinajstić information content (AvgIpc) is 2.11. The molecule has 0 amide bonds. The molecule has 0 heterocycles. The molecule has 1 atom stereocenters. The summed E-state index contributed by atoms with van der Waals surface area (Å²) in [6.45, 7) is 1.67. The van der Waals surface area contributed by atoms with Crippen LogP contribution in [0.5, 0.6) is 0 Å². The topological polar surface area (TPSA) is 26.0 Å². The van der Waals surface area contributed by atoms with Gasteiger partial charge in [0.2, 0.25) is 6.43 Å². The number of hydrogen-bond donors (Lipinski definition) is 1. The lowest BCUT2D eigenvalue weighted by atomic mass is 10.0. The highest BCUT2D eigenvalue weighted by Crippen LogP contribution is 2.30. The Morgan fingerprint density at radius 1 is 1.38 bits per heavy atom. The molecule has 0 unspecified atom stereocenters. The van der Waals surface area contributed by atoms with Crippen LogP contribution >= 0.6 is 24.0 Å². The SMILES string of the molecule is Cc1ccc(F)c([C@@H](N)CC(F)F)c1Cl.Cl. The fourth-order valence-electron chi connectivity index (χ4n) is 1.33. The van der Waals surface area contributed by atoms with Crippen LogP contribution < -0.4 is 5.73 Å². The lowest BCUT2D eigenvalue weighted by Crippen LogP contribution is -2.16. The van der Waals surface area contributed by atoms with Gasteiger partial charge in [-0.3, -0.25) is 0 Å². The van der Waals surface area contributed by atoms with Gasteiger partial charge in [-0.2, -0.15) is 0 Å². The molecule has 2 N–H and O–H groups in total. The molecule has 0 aliphatic rings. The molecule has 92 valence electrons. The molecule has 6 heteroatoms. The van der Waals surface area contributed by atoms with Crippen molar-refractivity contribution in [1.29, 1.82) is 0 Å². The van der Waals surface area contributed by atoms with E-state index in [9.17, 15) is 13.2 Å². The van der Waals surface area contributed by atoms with Gasteiger partial charge in [-0.25, -0.2) is 13.2 Å². The van der Waals surface area contributed by atoms with E-state index >= 15 is 0 Å². The molecule has 0 aliphatic carbocycles. The first-order valence-corrected chi connectivity index (χ1v) is 4.79. The molecule has 0 fully saturated rings. The maximum atomic E-state index is 13.3. The molecular weight excluding hydrogens is 262 g/mol. The second-order valence-electron chi connectivity index (χ2n) is 3.33. The van der Waals surface area contributed by atoms with E-state index in [2.05, 4.69) is 0 Å². The Morgan fingerprint density at radius 2 is 1.94 bits per heavy atom. The van der Waals surface area contributed by atoms with Crippen molar-refractivity contribution in [3.8, 4) is 0 Å². The molecule has 1 aromatic rings. The summed E-state index contributed by atoms with van der Waals surface area (Å²) in [5, 5.41) is 0.128. The molecule has 1 aromatic carbocycles. The van der Waals surface area contributed by atoms with Crippen molar-refractivity contribution in [3.05, 3.63) is 34.1 Å². The normalized spacial score (nSPS) is 12.4. The number of halogens is 5. The maximum absolute atomic E-state index is 13.3. The first kappa shape index (κ1) is 15.5. The molecular formula is C10H12Cl2F3N. The minimum atomic E-state index is -2.57. The third kappa shape index (κ3) is 3.54. The zero-order chi connectivity index (χ0) is 11.6. The Balaban J connectivity index is 0.00000225. The molecule has 0 aromatic heterocycles. The van der Waals surface area contributed by atoms with Gasteiger partial charge in [0.05, 0.1) is 5.02 Å². The van der Waals surface area contributed by atoms with Gasteiger partial charge >= 0.3 is 0 Å². The average molecular weight is 274 g/mol. The van der Waals surface area contributed by atoms with E-state index in [1.165, 1.54) is 12.1 Å². The van der Waals surface area contributed by atoms with Crippen molar-refractivity contribution in [2.45, 2.75) is 25.8 Å². The van der Waals surface area contributed by atoms with Crippen molar-refractivity contribution in [2.24, 2.45) is 5.73 Å². The van der Waals surface area contributed by atoms with Crippen LogP contribution in [-0.4, -0.2) is 6.43 Å². The summed E-state index contributed by atoms with van der Waals surface area (Å²) in [7, 11) is 0. The molecule has 0 spiro atoms. The number of rotatable bonds is 3. The maximum Gasteiger partial charge on any atom is 0.240 e. The first-order chi connectivity index (χ1) is 6.93. The highest BCUT2D eigenvalue weighted by molar-refractivity contribution is 6.32. The molecule has 16 heavy (non-hydrogen) atoms. The van der Waals surface area contributed by atoms with Gasteiger partial charge in [0, 0.05) is 18.0 Å². The third-order valence-electron chi connectivity index (χ3n) is 2.12. The van der Waals surface area contributed by atoms with Crippen LogP contribution in [0.15, 0.2) is 12.1 Å². The number of benzene rings is 1. The summed E-state index contributed by atoms with van der Waals surface area (Å²) < 4.78 is 37.5. The van der Waals surface area contributed by atoms with Gasteiger partial charge in [0.1, 0.15) is 5.82 Å². The predicted octanol–water partition coefficient (Wildman–Crippen LogP) is 3.86. The standard InChI is InChI=1S/C10H11ClF3N.ClH/c1-5-2-3-6(12)9(10(5)11)7(15)4-8(13)14;/h2-3,7-8H,4,15H2,1H3;1H/t7-;/m0./s1. The third-order valence-corrected chi connectivity index (χ3v) is 2.62. The molecule has 1 nitrogen and oxygen atoms in total. The molecule has 0 saturated carbocycles. The van der Waals surface area contributed by atoms with Gasteiger partial charge in [0.15, 0.2) is 0 Å². The van der Waals surface area contributed by atoms with E-state index < -0.39 is 24.7 Å². The molecule has 0 bridgehead atoms. The van der Waals surface area contributed by atoms with Gasteiger partial charge in [-0.15, -0.1) is 12.4 Å². The number of nitrogens with two attached hydrogens (primary N) is 1. The minimum absolute atomic E-state index is 0. The Hall–Kier alpha value is -0.450. The molecule has 0 radical (unpaired) electrons. The van der Waals surface area contributed by atoms with E-state index in [0.717, 1.165) is 0 Å². The summed E-state index contributed by atoms with van der Waals surface area (Å²) in [4.78, 5) is 0. The zero-order valence-electron chi connectivity index (χ0n) is 8.51. The summed E-state index contributed by atoms with van der Waals surface area (Å²) in [6.07, 6.45) is -3.17. The number of aryl methyl sites for hydroxylation is 1. The van der Waals surface area contributed by atoms with E-state index in [-0.39, 0.29) is 23.0 Å². The monoisotopic (exact) mass is 273 g/mol. The summed E-state index contributed by atoms with van der Waals surface area (Å²) in [6, 6.07) is 1.59. The van der Waals surface area contributed by atoms with Crippen molar-refractivity contribution in [3.63, 3.8) is 0 Å². The fourth-order valence-corrected chi connectivity index (χ4v) is 1.62. The van der Waals surface area contributed by atoms with Crippen molar-refractivity contribution < 1.29 is 13.2 Å². The van der Waals surface area contributed by atoms with Gasteiger partial charge in [0.25, 0.3) is 0 Å². The number of alkyl halides is 2. The van der Waals surface area contributed by atoms with Crippen LogP contribution in [0, 0.1) is 12.7 Å². The van der Waals surface area contributed by atoms with Gasteiger partial charge in [-0.1, -0.05) is 17.7 Å². The van der Waals surface area contributed by atoms with Crippen LogP contribution in [0.4, 0.5) is 13.2 Å². The lowest BCUT2D eigenvalue weighted by Gasteiger charge is -2.15. The first-order valence-electron chi connectivity index (χ1n) is 4.41. The van der Waals surface area contributed by atoms with E-state index in [0.29, 0.717) is 5.56 Å². The van der Waals surface area contributed by atoms with Crippen LogP contribution in [0.1, 0.15) is 23.6 Å². The second kappa shape index (κ2) is 6.33. The van der Waals surface area contributed by atoms with Crippen LogP contribution in [-0.2, 0) is 0 Å². The molecule has 0 saturated heterocycles. The lowest BCUT2D eigenvalue weighted by molar-refractivity contribution is 0.128. The van der Waals surface area contributed by atoms with Crippen LogP contribution in [0.25, 0.3) is 0 Å². The summed E-state index contributed by atoms with van der Waals surface area (Å²) >= 11 is 5.81. The fraction of sp³-hybridized carbons (Fsp3) is 0.400. The van der Waals surface area contributed by atoms with E-state index in [4.69, 9.17) is 17.3 Å². The number of hydrogen-bond acceptors (Lipinski definition) is 1. The van der Waals surface area contributed by atoms with E-state index in [1.807, 2.05) is 0 Å². The van der Waals surface area contributed by atoms with Gasteiger partial charge in [-0.05, 0) is 18.6 Å². The van der Waals surface area contributed by atoms with E-state index in [1.54, 1.807) is 6.92 Å². The van der Waals surface area contributed by atoms with Crippen molar-refractivity contribution >= 4 is 24.0 Å². The smallest absolute Gasteiger partial charge is 0.240 e. The van der Waals surface area contributed by atoms with Crippen LogP contribution in [0.3, 0.4) is 0 Å². The summed E-state index contributed by atoms with van der Waals surface area (Å²) in [5.74, 6) is -0.640. The van der Waals surface area contributed by atoms with Crippen molar-refractivity contribution in [1.82, 2.24) is 0 Å².